The summed E-state index contributed by atoms with van der Waals surface area (Å²) >= 11 is 0. The second kappa shape index (κ2) is 8.14. The number of alkyl halides is 3. The molecule has 1 amide bonds. The van der Waals surface area contributed by atoms with E-state index in [2.05, 4.69) is 10.0 Å². The van der Waals surface area contributed by atoms with Gasteiger partial charge in [0.25, 0.3) is 15.9 Å². The van der Waals surface area contributed by atoms with Gasteiger partial charge in [-0.1, -0.05) is 0 Å². The summed E-state index contributed by atoms with van der Waals surface area (Å²) in [5.74, 6) is -0.355. The van der Waals surface area contributed by atoms with Crippen molar-refractivity contribution in [1.82, 2.24) is 4.90 Å². The maximum absolute atomic E-state index is 12.8. The van der Waals surface area contributed by atoms with Crippen molar-refractivity contribution in [3.63, 3.8) is 0 Å². The topological polar surface area (TPSA) is 87.7 Å². The van der Waals surface area contributed by atoms with E-state index in [1.54, 1.807) is 13.3 Å². The van der Waals surface area contributed by atoms with Crippen molar-refractivity contribution < 1.29 is 31.1 Å². The number of rotatable bonds is 5. The zero-order chi connectivity index (χ0) is 23.1. The van der Waals surface area contributed by atoms with Gasteiger partial charge in [0.1, 0.15) is 6.23 Å². The van der Waals surface area contributed by atoms with Gasteiger partial charge in [-0.2, -0.15) is 13.2 Å². The molecule has 1 unspecified atom stereocenters. The highest BCUT2D eigenvalue weighted by atomic mass is 32.2. The molecule has 0 aromatic heterocycles. The van der Waals surface area contributed by atoms with Crippen molar-refractivity contribution in [1.29, 1.82) is 0 Å². The lowest BCUT2D eigenvalue weighted by Crippen LogP contribution is -2.26. The lowest BCUT2D eigenvalue weighted by atomic mass is 10.1. The third kappa shape index (κ3) is 4.30. The summed E-state index contributed by atoms with van der Waals surface area (Å²) in [5.41, 5.74) is 0.322. The molecule has 2 aliphatic rings. The number of carbonyl (C=O) groups excluding carboxylic acids is 1. The van der Waals surface area contributed by atoms with Gasteiger partial charge in [0.05, 0.1) is 16.0 Å². The summed E-state index contributed by atoms with van der Waals surface area (Å²) < 4.78 is 71.5. The molecule has 7 nitrogen and oxygen atoms in total. The molecule has 1 fully saturated rings. The average Bonchev–Trinajstić information content (AvgIpc) is 3.31. The zero-order valence-corrected chi connectivity index (χ0v) is 17.8. The molecule has 2 aromatic carbocycles. The first kappa shape index (κ1) is 22.2. The SMILES string of the molecule is COC1CCCN1C=C1C(=O)Nc2ccc(S(=O)(=O)Nc3ccc(C(F)(F)F)cc3)cc21. The lowest BCUT2D eigenvalue weighted by Gasteiger charge is -2.21. The molecule has 0 spiro atoms. The van der Waals surface area contributed by atoms with Gasteiger partial charge >= 0.3 is 6.18 Å². The van der Waals surface area contributed by atoms with Crippen LogP contribution in [-0.2, 0) is 25.7 Å². The van der Waals surface area contributed by atoms with Crippen molar-refractivity contribution in [2.75, 3.05) is 23.7 Å². The van der Waals surface area contributed by atoms with E-state index in [1.165, 1.54) is 18.2 Å². The van der Waals surface area contributed by atoms with Crippen LogP contribution in [0.5, 0.6) is 0 Å². The fraction of sp³-hybridized carbons (Fsp3) is 0.286. The van der Waals surface area contributed by atoms with Crippen molar-refractivity contribution >= 4 is 32.9 Å². The minimum Gasteiger partial charge on any atom is -0.362 e. The van der Waals surface area contributed by atoms with Crippen molar-refractivity contribution in [2.45, 2.75) is 30.1 Å². The monoisotopic (exact) mass is 467 g/mol. The summed E-state index contributed by atoms with van der Waals surface area (Å²) in [5, 5.41) is 2.71. The summed E-state index contributed by atoms with van der Waals surface area (Å²) in [6.07, 6.45) is -1.28. The largest absolute Gasteiger partial charge is 0.416 e. The van der Waals surface area contributed by atoms with Crippen LogP contribution in [0.3, 0.4) is 0 Å². The number of nitrogens with zero attached hydrogens (tertiary/aromatic N) is 1. The van der Waals surface area contributed by atoms with E-state index in [1.807, 2.05) is 4.90 Å². The van der Waals surface area contributed by atoms with Crippen LogP contribution in [0.4, 0.5) is 24.5 Å². The fourth-order valence-electron chi connectivity index (χ4n) is 3.73. The van der Waals surface area contributed by atoms with Crippen molar-refractivity contribution in [3.05, 3.63) is 59.8 Å². The Hall–Kier alpha value is -3.05. The molecule has 32 heavy (non-hydrogen) atoms. The third-order valence-electron chi connectivity index (χ3n) is 5.35. The van der Waals surface area contributed by atoms with Crippen LogP contribution < -0.4 is 10.0 Å². The first-order valence-electron chi connectivity index (χ1n) is 9.75. The molecule has 4 rings (SSSR count). The Kier molecular flexibility index (Phi) is 5.63. The van der Waals surface area contributed by atoms with E-state index in [-0.39, 0.29) is 22.7 Å². The first-order chi connectivity index (χ1) is 15.1. The number of halogens is 3. The van der Waals surface area contributed by atoms with Crippen LogP contribution in [0.15, 0.2) is 53.6 Å². The van der Waals surface area contributed by atoms with Crippen molar-refractivity contribution in [2.24, 2.45) is 0 Å². The minimum absolute atomic E-state index is 0.0107. The second-order valence-corrected chi connectivity index (χ2v) is 9.14. The maximum atomic E-state index is 12.8. The van der Waals surface area contributed by atoms with Crippen LogP contribution in [0, 0.1) is 0 Å². The highest BCUT2D eigenvalue weighted by molar-refractivity contribution is 7.92. The Morgan fingerprint density at radius 1 is 1.19 bits per heavy atom. The van der Waals surface area contributed by atoms with Crippen LogP contribution >= 0.6 is 0 Å². The van der Waals surface area contributed by atoms with Gasteiger partial charge in [0.2, 0.25) is 0 Å². The van der Waals surface area contributed by atoms with Gasteiger partial charge in [-0.3, -0.25) is 9.52 Å². The summed E-state index contributed by atoms with van der Waals surface area (Å²) in [4.78, 5) is 14.2. The van der Waals surface area contributed by atoms with E-state index in [0.29, 0.717) is 23.4 Å². The number of benzene rings is 2. The number of amides is 1. The highest BCUT2D eigenvalue weighted by Crippen LogP contribution is 2.35. The Morgan fingerprint density at radius 2 is 1.91 bits per heavy atom. The Balaban J connectivity index is 1.62. The van der Waals surface area contributed by atoms with Crippen LogP contribution in [-0.4, -0.2) is 39.1 Å². The van der Waals surface area contributed by atoms with E-state index >= 15 is 0 Å². The number of fused-ring (bicyclic) bond motifs is 1. The average molecular weight is 467 g/mol. The predicted molar refractivity (Wildman–Crippen MR) is 112 cm³/mol. The number of anilines is 2. The van der Waals surface area contributed by atoms with Crippen LogP contribution in [0.25, 0.3) is 5.57 Å². The van der Waals surface area contributed by atoms with E-state index in [4.69, 9.17) is 4.74 Å². The predicted octanol–water partition coefficient (Wildman–Crippen LogP) is 3.87. The molecule has 1 atom stereocenters. The number of hydrogen-bond acceptors (Lipinski definition) is 5. The highest BCUT2D eigenvalue weighted by Gasteiger charge is 2.31. The molecule has 0 aliphatic carbocycles. The number of carbonyl (C=O) groups is 1. The summed E-state index contributed by atoms with van der Waals surface area (Å²) in [7, 11) is -2.52. The molecule has 0 saturated carbocycles. The van der Waals surface area contributed by atoms with Crippen molar-refractivity contribution in [3.8, 4) is 0 Å². The quantitative estimate of drug-likeness (QED) is 0.652. The minimum atomic E-state index is -4.52. The number of hydrogen-bond donors (Lipinski definition) is 2. The molecule has 2 aliphatic heterocycles. The van der Waals surface area contributed by atoms with E-state index < -0.39 is 21.8 Å². The molecule has 11 heteroatoms. The van der Waals surface area contributed by atoms with E-state index in [9.17, 15) is 26.4 Å². The number of ether oxygens (including phenoxy) is 1. The van der Waals surface area contributed by atoms with Crippen LogP contribution in [0.1, 0.15) is 24.0 Å². The molecule has 1 saturated heterocycles. The number of methoxy groups -OCH3 is 1. The fourth-order valence-corrected chi connectivity index (χ4v) is 4.81. The molecular formula is C21H20F3N3O4S. The second-order valence-electron chi connectivity index (χ2n) is 7.46. The van der Waals surface area contributed by atoms with Crippen LogP contribution in [0.2, 0.25) is 0 Å². The van der Waals surface area contributed by atoms with E-state index in [0.717, 1.165) is 37.1 Å². The molecule has 2 aromatic rings. The molecule has 0 bridgehead atoms. The van der Waals surface area contributed by atoms with Gasteiger partial charge in [-0.25, -0.2) is 8.42 Å². The van der Waals surface area contributed by atoms with Gasteiger partial charge < -0.3 is 15.0 Å². The molecule has 2 heterocycles. The molecule has 170 valence electrons. The normalized spacial score (nSPS) is 19.9. The Labute approximate surface area is 182 Å². The molecular weight excluding hydrogens is 447 g/mol. The summed E-state index contributed by atoms with van der Waals surface area (Å²) in [6.45, 7) is 0.706. The van der Waals surface area contributed by atoms with Gasteiger partial charge in [-0.05, 0) is 55.3 Å². The Morgan fingerprint density at radius 3 is 2.56 bits per heavy atom. The maximum Gasteiger partial charge on any atom is 0.416 e. The number of likely N-dealkylation sites (tertiary alicyclic amines) is 1. The molecule has 2 N–H and O–H groups in total. The lowest BCUT2D eigenvalue weighted by molar-refractivity contribution is -0.137. The molecule has 0 radical (unpaired) electrons. The summed E-state index contributed by atoms with van der Waals surface area (Å²) in [6, 6.07) is 7.85. The Bertz CT molecular complexity index is 1180. The first-order valence-corrected chi connectivity index (χ1v) is 11.2. The smallest absolute Gasteiger partial charge is 0.362 e. The van der Waals surface area contributed by atoms with Gasteiger partial charge in [0, 0.05) is 36.8 Å². The zero-order valence-electron chi connectivity index (χ0n) is 16.9. The standard InChI is InChI=1S/C21H20F3N3O4S/c1-31-19-3-2-10-27(19)12-17-16-11-15(8-9-18(16)25-20(17)28)32(29,30)26-14-6-4-13(5-7-14)21(22,23)24/h4-9,11-12,19,26H,2-3,10H2,1H3,(H,25,28). The third-order valence-corrected chi connectivity index (χ3v) is 6.73. The van der Waals surface area contributed by atoms with Gasteiger partial charge in [0.15, 0.2) is 0 Å². The number of nitrogens with one attached hydrogen (secondary N) is 2. The van der Waals surface area contributed by atoms with Gasteiger partial charge in [-0.15, -0.1) is 0 Å². The number of sulfonamides is 1.